The molecule has 0 aliphatic carbocycles. The van der Waals surface area contributed by atoms with Crippen molar-refractivity contribution >= 4 is 34.2 Å². The Kier molecular flexibility index (Phi) is 4.37. The molecule has 0 radical (unpaired) electrons. The van der Waals surface area contributed by atoms with E-state index in [9.17, 15) is 4.79 Å². The zero-order chi connectivity index (χ0) is 17.9. The van der Waals surface area contributed by atoms with Gasteiger partial charge in [0.25, 0.3) is 0 Å². The Morgan fingerprint density at radius 2 is 1.88 bits per heavy atom. The summed E-state index contributed by atoms with van der Waals surface area (Å²) in [6, 6.07) is 20.4. The fraction of sp³-hybridized carbons (Fsp3) is 0.0500. The van der Waals surface area contributed by atoms with Crippen LogP contribution in [0, 0.1) is 0 Å². The van der Waals surface area contributed by atoms with Crippen LogP contribution in [0.25, 0.3) is 22.6 Å². The van der Waals surface area contributed by atoms with E-state index in [0.717, 1.165) is 16.7 Å². The highest BCUT2D eigenvalue weighted by Crippen LogP contribution is 2.23. The van der Waals surface area contributed by atoms with Gasteiger partial charge in [0.05, 0.1) is 11.0 Å². The molecule has 1 N–H and O–H groups in total. The van der Waals surface area contributed by atoms with Gasteiger partial charge >= 0.3 is 0 Å². The second-order valence-corrected chi connectivity index (χ2v) is 6.22. The quantitative estimate of drug-likeness (QED) is 0.585. The van der Waals surface area contributed by atoms with Gasteiger partial charge in [0, 0.05) is 16.9 Å². The van der Waals surface area contributed by atoms with Crippen molar-refractivity contribution in [1.29, 1.82) is 0 Å². The fourth-order valence-corrected chi connectivity index (χ4v) is 3.03. The molecule has 0 spiro atoms. The number of aromatic nitrogens is 3. The number of carbonyl (C=O) groups is 1. The Hall–Kier alpha value is -3.18. The van der Waals surface area contributed by atoms with Crippen LogP contribution in [0.3, 0.4) is 0 Å². The van der Waals surface area contributed by atoms with Crippen molar-refractivity contribution in [3.8, 4) is 11.5 Å². The van der Waals surface area contributed by atoms with Crippen LogP contribution in [0.5, 0.6) is 0 Å². The number of fused-ring (bicyclic) bond motifs is 1. The van der Waals surface area contributed by atoms with Crippen LogP contribution in [0.4, 0.5) is 5.69 Å². The standard InChI is InChI=1S/C20H15ClN4O/c21-14-6-5-7-15(12-14)23-19(26)13-25-18-10-2-1-8-16(18)24-20(25)17-9-3-4-11-22-17/h1-12H,13H2,(H,23,26). The molecule has 0 unspecified atom stereocenters. The molecule has 1 amide bonds. The molecule has 26 heavy (non-hydrogen) atoms. The molecular weight excluding hydrogens is 348 g/mol. The highest BCUT2D eigenvalue weighted by molar-refractivity contribution is 6.30. The van der Waals surface area contributed by atoms with Gasteiger partial charge in [0.15, 0.2) is 5.82 Å². The van der Waals surface area contributed by atoms with Gasteiger partial charge in [-0.2, -0.15) is 0 Å². The number of imidazole rings is 1. The SMILES string of the molecule is O=C(Cn1c(-c2ccccn2)nc2ccccc21)Nc1cccc(Cl)c1. The van der Waals surface area contributed by atoms with Crippen molar-refractivity contribution in [2.75, 3.05) is 5.32 Å². The molecule has 4 rings (SSSR count). The molecule has 0 aliphatic rings. The molecule has 0 bridgehead atoms. The minimum atomic E-state index is -0.160. The molecule has 6 heteroatoms. The first-order valence-electron chi connectivity index (χ1n) is 8.13. The van der Waals surface area contributed by atoms with Crippen LogP contribution in [0.15, 0.2) is 72.9 Å². The summed E-state index contributed by atoms with van der Waals surface area (Å²) in [6.45, 7) is 0.124. The summed E-state index contributed by atoms with van der Waals surface area (Å²) in [6.07, 6.45) is 1.71. The predicted molar refractivity (Wildman–Crippen MR) is 103 cm³/mol. The number of hydrogen-bond acceptors (Lipinski definition) is 3. The molecule has 2 heterocycles. The molecule has 128 valence electrons. The molecular formula is C20H15ClN4O. The zero-order valence-corrected chi connectivity index (χ0v) is 14.5. The third kappa shape index (κ3) is 3.30. The number of pyridine rings is 1. The second kappa shape index (κ2) is 6.98. The molecule has 2 aromatic carbocycles. The van der Waals surface area contributed by atoms with Gasteiger partial charge in [0.2, 0.25) is 5.91 Å². The Morgan fingerprint density at radius 3 is 2.69 bits per heavy atom. The number of carbonyl (C=O) groups excluding carboxylic acids is 1. The summed E-state index contributed by atoms with van der Waals surface area (Å²) in [4.78, 5) is 21.6. The van der Waals surface area contributed by atoms with Gasteiger partial charge < -0.3 is 9.88 Å². The first-order valence-corrected chi connectivity index (χ1v) is 8.50. The third-order valence-electron chi connectivity index (χ3n) is 3.96. The van der Waals surface area contributed by atoms with Crippen molar-refractivity contribution in [2.24, 2.45) is 0 Å². The molecule has 0 aliphatic heterocycles. The number of hydrogen-bond donors (Lipinski definition) is 1. The fourth-order valence-electron chi connectivity index (χ4n) is 2.84. The maximum Gasteiger partial charge on any atom is 0.244 e. The molecule has 0 saturated carbocycles. The van der Waals surface area contributed by atoms with E-state index in [4.69, 9.17) is 11.6 Å². The first kappa shape index (κ1) is 16.3. The van der Waals surface area contributed by atoms with E-state index in [0.29, 0.717) is 16.5 Å². The van der Waals surface area contributed by atoms with Crippen LogP contribution < -0.4 is 5.32 Å². The smallest absolute Gasteiger partial charge is 0.244 e. The topological polar surface area (TPSA) is 59.8 Å². The van der Waals surface area contributed by atoms with Crippen molar-refractivity contribution in [3.63, 3.8) is 0 Å². The Balaban J connectivity index is 1.70. The maximum absolute atomic E-state index is 12.6. The van der Waals surface area contributed by atoms with Crippen molar-refractivity contribution in [2.45, 2.75) is 6.54 Å². The minimum Gasteiger partial charge on any atom is -0.324 e. The van der Waals surface area contributed by atoms with Gasteiger partial charge in [-0.15, -0.1) is 0 Å². The van der Waals surface area contributed by atoms with Crippen molar-refractivity contribution < 1.29 is 4.79 Å². The van der Waals surface area contributed by atoms with Crippen LogP contribution in [-0.4, -0.2) is 20.4 Å². The molecule has 0 saturated heterocycles. The summed E-state index contributed by atoms with van der Waals surface area (Å²) in [5.41, 5.74) is 3.09. The largest absolute Gasteiger partial charge is 0.324 e. The number of para-hydroxylation sites is 2. The Morgan fingerprint density at radius 1 is 1.04 bits per heavy atom. The van der Waals surface area contributed by atoms with Crippen LogP contribution in [0.1, 0.15) is 0 Å². The van der Waals surface area contributed by atoms with Crippen molar-refractivity contribution in [3.05, 3.63) is 77.9 Å². The van der Waals surface area contributed by atoms with Gasteiger partial charge in [-0.05, 0) is 42.5 Å². The minimum absolute atomic E-state index is 0.124. The van der Waals surface area contributed by atoms with E-state index in [2.05, 4.69) is 15.3 Å². The first-order chi connectivity index (χ1) is 12.7. The molecule has 2 aromatic heterocycles. The second-order valence-electron chi connectivity index (χ2n) is 5.78. The van der Waals surface area contributed by atoms with E-state index in [1.54, 1.807) is 30.5 Å². The number of halogens is 1. The number of rotatable bonds is 4. The normalized spacial score (nSPS) is 10.8. The van der Waals surface area contributed by atoms with E-state index in [1.807, 2.05) is 47.0 Å². The average molecular weight is 363 g/mol. The van der Waals surface area contributed by atoms with Gasteiger partial charge in [-0.1, -0.05) is 35.9 Å². The molecule has 5 nitrogen and oxygen atoms in total. The number of nitrogens with zero attached hydrogens (tertiary/aromatic N) is 3. The lowest BCUT2D eigenvalue weighted by Crippen LogP contribution is -2.19. The van der Waals surface area contributed by atoms with E-state index in [-0.39, 0.29) is 12.5 Å². The van der Waals surface area contributed by atoms with Crippen LogP contribution in [0.2, 0.25) is 5.02 Å². The number of amides is 1. The monoisotopic (exact) mass is 362 g/mol. The van der Waals surface area contributed by atoms with Gasteiger partial charge in [-0.25, -0.2) is 4.98 Å². The van der Waals surface area contributed by atoms with E-state index >= 15 is 0 Å². The highest BCUT2D eigenvalue weighted by atomic mass is 35.5. The summed E-state index contributed by atoms with van der Waals surface area (Å²) < 4.78 is 1.87. The summed E-state index contributed by atoms with van der Waals surface area (Å²) in [5.74, 6) is 0.501. The maximum atomic E-state index is 12.6. The number of anilines is 1. The number of benzene rings is 2. The molecule has 0 atom stereocenters. The number of nitrogens with one attached hydrogen (secondary N) is 1. The Bertz CT molecular complexity index is 1080. The van der Waals surface area contributed by atoms with Crippen LogP contribution >= 0.6 is 11.6 Å². The lowest BCUT2D eigenvalue weighted by Gasteiger charge is -2.10. The predicted octanol–water partition coefficient (Wildman–Crippen LogP) is 4.39. The summed E-state index contributed by atoms with van der Waals surface area (Å²) in [7, 11) is 0. The lowest BCUT2D eigenvalue weighted by atomic mass is 10.3. The van der Waals surface area contributed by atoms with E-state index < -0.39 is 0 Å². The molecule has 0 fully saturated rings. The molecule has 4 aromatic rings. The Labute approximate surface area is 155 Å². The lowest BCUT2D eigenvalue weighted by molar-refractivity contribution is -0.116. The zero-order valence-electron chi connectivity index (χ0n) is 13.8. The van der Waals surface area contributed by atoms with Crippen molar-refractivity contribution in [1.82, 2.24) is 14.5 Å². The van der Waals surface area contributed by atoms with Crippen LogP contribution in [-0.2, 0) is 11.3 Å². The van der Waals surface area contributed by atoms with Gasteiger partial charge in [-0.3, -0.25) is 9.78 Å². The average Bonchev–Trinajstić information content (AvgIpc) is 3.01. The van der Waals surface area contributed by atoms with E-state index in [1.165, 1.54) is 0 Å². The van der Waals surface area contributed by atoms with Gasteiger partial charge in [0.1, 0.15) is 12.2 Å². The third-order valence-corrected chi connectivity index (χ3v) is 4.19. The summed E-state index contributed by atoms with van der Waals surface area (Å²) in [5, 5.41) is 3.45. The highest BCUT2D eigenvalue weighted by Gasteiger charge is 2.16. The summed E-state index contributed by atoms with van der Waals surface area (Å²) >= 11 is 5.98.